The maximum absolute atomic E-state index is 9.80. The summed E-state index contributed by atoms with van der Waals surface area (Å²) in [6, 6.07) is 7.67. The molecule has 17 heavy (non-hydrogen) atoms. The van der Waals surface area contributed by atoms with E-state index in [2.05, 4.69) is 0 Å². The molecule has 1 aliphatic rings. The highest BCUT2D eigenvalue weighted by Crippen LogP contribution is 2.16. The molecule has 0 radical (unpaired) electrons. The fourth-order valence-corrected chi connectivity index (χ4v) is 1.56. The Morgan fingerprint density at radius 1 is 1.24 bits per heavy atom. The van der Waals surface area contributed by atoms with E-state index in [-0.39, 0.29) is 5.76 Å². The summed E-state index contributed by atoms with van der Waals surface area (Å²) in [5.74, 6) is 1.07. The molecule has 0 bridgehead atoms. The molecule has 1 aromatic rings. The van der Waals surface area contributed by atoms with Gasteiger partial charge in [0.15, 0.2) is 0 Å². The molecule has 0 saturated heterocycles. The van der Waals surface area contributed by atoms with Crippen molar-refractivity contribution in [2.24, 2.45) is 0 Å². The van der Waals surface area contributed by atoms with E-state index in [4.69, 9.17) is 4.74 Å². The molecule has 0 aliphatic heterocycles. The minimum absolute atomic E-state index is 0.262. The summed E-state index contributed by atoms with van der Waals surface area (Å²) in [4.78, 5) is 0. The monoisotopic (exact) mass is 226 g/mol. The third-order valence-electron chi connectivity index (χ3n) is 2.49. The van der Waals surface area contributed by atoms with Gasteiger partial charge in [0.05, 0.1) is 7.11 Å². The minimum Gasteiger partial charge on any atom is -0.507 e. The molecule has 0 heterocycles. The summed E-state index contributed by atoms with van der Waals surface area (Å²) < 4.78 is 5.13. The van der Waals surface area contributed by atoms with E-state index in [0.717, 1.165) is 16.9 Å². The minimum atomic E-state index is 0.262. The molecular weight excluding hydrogens is 212 g/mol. The van der Waals surface area contributed by atoms with Crippen molar-refractivity contribution in [2.75, 3.05) is 7.11 Å². The van der Waals surface area contributed by atoms with Crippen LogP contribution in [0.2, 0.25) is 0 Å². The van der Waals surface area contributed by atoms with Crippen molar-refractivity contribution in [1.29, 1.82) is 0 Å². The van der Waals surface area contributed by atoms with E-state index in [9.17, 15) is 5.11 Å². The Labute approximate surface area is 101 Å². The maximum atomic E-state index is 9.80. The van der Waals surface area contributed by atoms with Crippen LogP contribution < -0.4 is 4.74 Å². The zero-order valence-corrected chi connectivity index (χ0v) is 9.63. The molecule has 0 amide bonds. The van der Waals surface area contributed by atoms with E-state index < -0.39 is 0 Å². The predicted octanol–water partition coefficient (Wildman–Crippen LogP) is 3.65. The summed E-state index contributed by atoms with van der Waals surface area (Å²) in [5, 5.41) is 9.80. The maximum Gasteiger partial charge on any atom is 0.122 e. The Morgan fingerprint density at radius 3 is 2.71 bits per heavy atom. The highest BCUT2D eigenvalue weighted by Gasteiger charge is 1.98. The van der Waals surface area contributed by atoms with E-state index in [1.54, 1.807) is 13.2 Å². The second-order valence-corrected chi connectivity index (χ2v) is 3.67. The van der Waals surface area contributed by atoms with Gasteiger partial charge in [0.1, 0.15) is 11.5 Å². The number of ether oxygens (including phenoxy) is 1. The summed E-state index contributed by atoms with van der Waals surface area (Å²) in [6.45, 7) is 0. The number of aliphatic hydroxyl groups is 1. The van der Waals surface area contributed by atoms with Crippen molar-refractivity contribution in [3.05, 3.63) is 71.5 Å². The van der Waals surface area contributed by atoms with Crippen LogP contribution in [0.1, 0.15) is 5.56 Å². The van der Waals surface area contributed by atoms with Crippen LogP contribution in [0.3, 0.4) is 0 Å². The van der Waals surface area contributed by atoms with Crippen molar-refractivity contribution in [3.8, 4) is 5.75 Å². The van der Waals surface area contributed by atoms with Crippen molar-refractivity contribution in [2.45, 2.75) is 0 Å². The molecule has 0 spiro atoms. The first-order chi connectivity index (χ1) is 8.29. The van der Waals surface area contributed by atoms with Crippen LogP contribution in [0.25, 0.3) is 6.08 Å². The van der Waals surface area contributed by atoms with Gasteiger partial charge in [-0.1, -0.05) is 42.5 Å². The average molecular weight is 226 g/mol. The first-order valence-corrected chi connectivity index (χ1v) is 5.40. The topological polar surface area (TPSA) is 29.5 Å². The zero-order chi connectivity index (χ0) is 12.1. The van der Waals surface area contributed by atoms with Crippen LogP contribution in [0.15, 0.2) is 66.0 Å². The largest absolute Gasteiger partial charge is 0.507 e. The third-order valence-corrected chi connectivity index (χ3v) is 2.49. The molecule has 2 rings (SSSR count). The predicted molar refractivity (Wildman–Crippen MR) is 70.0 cm³/mol. The van der Waals surface area contributed by atoms with Crippen molar-refractivity contribution < 1.29 is 9.84 Å². The Hall–Kier alpha value is -2.22. The van der Waals surface area contributed by atoms with E-state index >= 15 is 0 Å². The van der Waals surface area contributed by atoms with Crippen molar-refractivity contribution in [3.63, 3.8) is 0 Å². The smallest absolute Gasteiger partial charge is 0.122 e. The molecule has 2 heteroatoms. The Balaban J connectivity index is 2.17. The fraction of sp³-hybridized carbons (Fsp3) is 0.0667. The van der Waals surface area contributed by atoms with Crippen molar-refractivity contribution in [1.82, 2.24) is 0 Å². The lowest BCUT2D eigenvalue weighted by Crippen LogP contribution is -1.83. The highest BCUT2D eigenvalue weighted by molar-refractivity contribution is 5.56. The van der Waals surface area contributed by atoms with E-state index in [1.165, 1.54) is 0 Å². The second kappa shape index (κ2) is 5.21. The summed E-state index contributed by atoms with van der Waals surface area (Å²) in [7, 11) is 1.64. The first-order valence-electron chi connectivity index (χ1n) is 5.40. The Kier molecular flexibility index (Phi) is 3.46. The second-order valence-electron chi connectivity index (χ2n) is 3.67. The first kappa shape index (κ1) is 11.3. The molecule has 86 valence electrons. The van der Waals surface area contributed by atoms with E-state index in [0.29, 0.717) is 0 Å². The molecule has 1 N–H and O–H groups in total. The molecule has 0 unspecified atom stereocenters. The van der Waals surface area contributed by atoms with E-state index in [1.807, 2.05) is 54.6 Å². The van der Waals surface area contributed by atoms with Crippen LogP contribution in [-0.2, 0) is 0 Å². The number of aliphatic hydroxyl groups excluding tert-OH is 1. The zero-order valence-electron chi connectivity index (χ0n) is 9.63. The quantitative estimate of drug-likeness (QED) is 0.797. The summed E-state index contributed by atoms with van der Waals surface area (Å²) in [5.41, 5.74) is 1.81. The number of hydrogen-bond donors (Lipinski definition) is 1. The molecule has 0 saturated carbocycles. The summed E-state index contributed by atoms with van der Waals surface area (Å²) >= 11 is 0. The van der Waals surface area contributed by atoms with Crippen LogP contribution in [0.4, 0.5) is 0 Å². The van der Waals surface area contributed by atoms with Gasteiger partial charge in [0.25, 0.3) is 0 Å². The van der Waals surface area contributed by atoms with Gasteiger partial charge in [0, 0.05) is 5.57 Å². The molecule has 1 aliphatic carbocycles. The van der Waals surface area contributed by atoms with Crippen molar-refractivity contribution >= 4 is 6.08 Å². The van der Waals surface area contributed by atoms with Crippen LogP contribution >= 0.6 is 0 Å². The highest BCUT2D eigenvalue weighted by atomic mass is 16.5. The molecule has 1 aromatic carbocycles. The lowest BCUT2D eigenvalue weighted by molar-refractivity contribution is 0.414. The third kappa shape index (κ3) is 2.88. The normalized spacial score (nSPS) is 13.6. The molecule has 0 atom stereocenters. The van der Waals surface area contributed by atoms with Gasteiger partial charge < -0.3 is 9.84 Å². The number of benzene rings is 1. The molecular formula is C15H14O2. The van der Waals surface area contributed by atoms with Gasteiger partial charge in [-0.3, -0.25) is 0 Å². The van der Waals surface area contributed by atoms with Gasteiger partial charge in [-0.25, -0.2) is 0 Å². The van der Waals surface area contributed by atoms with Gasteiger partial charge in [-0.2, -0.15) is 0 Å². The summed E-state index contributed by atoms with van der Waals surface area (Å²) in [6.07, 6.45) is 11.1. The standard InChI is InChI=1S/C15H14O2/c1-17-14-8-4-5-12(11-14)9-10-15(16)13-6-2-3-7-13/h2-11,16H,1H3/b10-9+. The average Bonchev–Trinajstić information content (AvgIpc) is 2.90. The number of allylic oxidation sites excluding steroid dienone is 6. The Morgan fingerprint density at radius 2 is 2.00 bits per heavy atom. The fourth-order valence-electron chi connectivity index (χ4n) is 1.56. The van der Waals surface area contributed by atoms with Gasteiger partial charge in [-0.05, 0) is 23.8 Å². The van der Waals surface area contributed by atoms with Gasteiger partial charge in [-0.15, -0.1) is 0 Å². The molecule has 2 nitrogen and oxygen atoms in total. The lowest BCUT2D eigenvalue weighted by Gasteiger charge is -2.00. The van der Waals surface area contributed by atoms with Crippen LogP contribution in [0.5, 0.6) is 5.75 Å². The van der Waals surface area contributed by atoms with Crippen LogP contribution in [-0.4, -0.2) is 12.2 Å². The van der Waals surface area contributed by atoms with Gasteiger partial charge in [0.2, 0.25) is 0 Å². The SMILES string of the molecule is COc1cccc(/C=C/C(O)=C2C=CC=C2)c1. The molecule has 0 aromatic heterocycles. The number of methoxy groups -OCH3 is 1. The Bertz CT molecular complexity index is 505. The molecule has 0 fully saturated rings. The van der Waals surface area contributed by atoms with Crippen LogP contribution in [0, 0.1) is 0 Å². The lowest BCUT2D eigenvalue weighted by atomic mass is 10.1. The number of rotatable bonds is 3. The van der Waals surface area contributed by atoms with Gasteiger partial charge >= 0.3 is 0 Å². The number of hydrogen-bond acceptors (Lipinski definition) is 2.